The summed E-state index contributed by atoms with van der Waals surface area (Å²) in [4.78, 5) is 5.23. The van der Waals surface area contributed by atoms with Gasteiger partial charge in [0.05, 0.1) is 11.1 Å². The highest BCUT2D eigenvalue weighted by atomic mass is 16.6. The lowest BCUT2D eigenvalue weighted by molar-refractivity contribution is 0.0701. The molecule has 1 aliphatic rings. The molecule has 3 rings (SSSR count). The van der Waals surface area contributed by atoms with Crippen molar-refractivity contribution in [2.75, 3.05) is 0 Å². The lowest BCUT2D eigenvalue weighted by Crippen LogP contribution is -1.95. The second-order valence-corrected chi connectivity index (χ2v) is 3.96. The molecule has 1 aromatic heterocycles. The van der Waals surface area contributed by atoms with E-state index in [1.54, 1.807) is 12.1 Å². The van der Waals surface area contributed by atoms with Gasteiger partial charge in [0.15, 0.2) is 6.10 Å². The number of benzene rings is 1. The topological polar surface area (TPSA) is 55.0 Å². The number of nitrogens with zero attached hydrogens (tertiary/aromatic N) is 1. The first-order chi connectivity index (χ1) is 7.74. The molecule has 4 heteroatoms. The second kappa shape index (κ2) is 3.27. The number of aromatic hydroxyl groups is 1. The fraction of sp³-hybridized carbons (Fsp3) is 0.250. The Hall–Kier alpha value is -1.97. The zero-order chi connectivity index (χ0) is 11.1. The maximum absolute atomic E-state index is 9.65. The number of fused-ring (bicyclic) bond motifs is 1. The molecule has 0 saturated heterocycles. The van der Waals surface area contributed by atoms with E-state index < -0.39 is 0 Å². The summed E-state index contributed by atoms with van der Waals surface area (Å²) in [7, 11) is 0. The summed E-state index contributed by atoms with van der Waals surface area (Å²) < 4.78 is 5.62. The summed E-state index contributed by atoms with van der Waals surface area (Å²) in [6.45, 7) is 1.92. The number of rotatable bonds is 1. The summed E-state index contributed by atoms with van der Waals surface area (Å²) in [5.74, 6) is 0.931. The van der Waals surface area contributed by atoms with Crippen LogP contribution < -0.4 is 0 Å². The lowest BCUT2D eigenvalue weighted by Gasteiger charge is -2.02. The zero-order valence-electron chi connectivity index (χ0n) is 8.80. The van der Waals surface area contributed by atoms with Crippen molar-refractivity contribution >= 4 is 16.7 Å². The van der Waals surface area contributed by atoms with E-state index >= 15 is 0 Å². The Morgan fingerprint density at radius 2 is 2.31 bits per heavy atom. The molecule has 0 aliphatic carbocycles. The number of hydrogen-bond donors (Lipinski definition) is 1. The van der Waals surface area contributed by atoms with E-state index in [1.807, 2.05) is 19.1 Å². The van der Waals surface area contributed by atoms with Gasteiger partial charge in [0.25, 0.3) is 0 Å². The van der Waals surface area contributed by atoms with Gasteiger partial charge in [-0.25, -0.2) is 0 Å². The normalized spacial score (nSPS) is 19.8. The Balaban J connectivity index is 2.03. The van der Waals surface area contributed by atoms with Crippen LogP contribution >= 0.6 is 0 Å². The summed E-state index contributed by atoms with van der Waals surface area (Å²) in [5.41, 5.74) is 1.62. The van der Waals surface area contributed by atoms with Crippen LogP contribution in [0.25, 0.3) is 11.0 Å². The summed E-state index contributed by atoms with van der Waals surface area (Å²) in [5, 5.41) is 14.2. The molecular formula is C12H11NO3. The fourth-order valence-corrected chi connectivity index (χ4v) is 1.87. The number of furan rings is 1. The van der Waals surface area contributed by atoms with Gasteiger partial charge in [-0.15, -0.1) is 0 Å². The standard InChI is InChI=1S/C12H11NO3/c1-7-5-12(16-13-7)11-6-8-9(14)3-2-4-10(8)15-11/h2-4,6,12,14H,5H2,1H3. The van der Waals surface area contributed by atoms with Crippen molar-refractivity contribution < 1.29 is 14.4 Å². The highest BCUT2D eigenvalue weighted by Crippen LogP contribution is 2.34. The lowest BCUT2D eigenvalue weighted by atomic mass is 10.1. The monoisotopic (exact) mass is 217 g/mol. The maximum Gasteiger partial charge on any atom is 0.190 e. The van der Waals surface area contributed by atoms with E-state index in [0.717, 1.165) is 12.1 Å². The van der Waals surface area contributed by atoms with Crippen LogP contribution in [0.15, 0.2) is 33.8 Å². The fourth-order valence-electron chi connectivity index (χ4n) is 1.87. The van der Waals surface area contributed by atoms with Gasteiger partial charge >= 0.3 is 0 Å². The average molecular weight is 217 g/mol. The van der Waals surface area contributed by atoms with Crippen LogP contribution in [0.1, 0.15) is 25.2 Å². The Labute approximate surface area is 92.1 Å². The van der Waals surface area contributed by atoms with Crippen LogP contribution in [0, 0.1) is 0 Å². The Morgan fingerprint density at radius 3 is 3.00 bits per heavy atom. The van der Waals surface area contributed by atoms with Gasteiger partial charge in [0.1, 0.15) is 17.1 Å². The van der Waals surface area contributed by atoms with Crippen LogP contribution in [0.4, 0.5) is 0 Å². The van der Waals surface area contributed by atoms with Gasteiger partial charge < -0.3 is 14.4 Å². The molecular weight excluding hydrogens is 206 g/mol. The minimum atomic E-state index is -0.160. The third kappa shape index (κ3) is 1.34. The first kappa shape index (κ1) is 9.27. The SMILES string of the molecule is CC1=NOC(c2cc3c(O)cccc3o2)C1. The summed E-state index contributed by atoms with van der Waals surface area (Å²) in [6, 6.07) is 7.02. The number of hydrogen-bond acceptors (Lipinski definition) is 4. The van der Waals surface area contributed by atoms with Crippen LogP contribution in [0.5, 0.6) is 5.75 Å². The van der Waals surface area contributed by atoms with Gasteiger partial charge in [-0.2, -0.15) is 0 Å². The van der Waals surface area contributed by atoms with E-state index in [1.165, 1.54) is 0 Å². The smallest absolute Gasteiger partial charge is 0.190 e. The van der Waals surface area contributed by atoms with Gasteiger partial charge in [0.2, 0.25) is 0 Å². The van der Waals surface area contributed by atoms with Crippen molar-refractivity contribution in [2.24, 2.45) is 5.16 Å². The Morgan fingerprint density at radius 1 is 1.44 bits per heavy atom. The minimum Gasteiger partial charge on any atom is -0.507 e. The van der Waals surface area contributed by atoms with Crippen LogP contribution in [0.3, 0.4) is 0 Å². The first-order valence-electron chi connectivity index (χ1n) is 5.15. The molecule has 1 N–H and O–H groups in total. The predicted molar refractivity (Wildman–Crippen MR) is 59.4 cm³/mol. The molecule has 2 heterocycles. The van der Waals surface area contributed by atoms with Gasteiger partial charge in [-0.1, -0.05) is 11.2 Å². The molecule has 0 fully saturated rings. The second-order valence-electron chi connectivity index (χ2n) is 3.96. The minimum absolute atomic E-state index is 0.160. The molecule has 0 spiro atoms. The van der Waals surface area contributed by atoms with Gasteiger partial charge in [0, 0.05) is 6.42 Å². The highest BCUT2D eigenvalue weighted by Gasteiger charge is 2.24. The Bertz CT molecular complexity index is 571. The van der Waals surface area contributed by atoms with Crippen molar-refractivity contribution in [2.45, 2.75) is 19.4 Å². The van der Waals surface area contributed by atoms with Gasteiger partial charge in [-0.05, 0) is 25.1 Å². The van der Waals surface area contributed by atoms with Crippen molar-refractivity contribution in [3.8, 4) is 5.75 Å². The predicted octanol–water partition coefficient (Wildman–Crippen LogP) is 2.98. The third-order valence-electron chi connectivity index (χ3n) is 2.69. The molecule has 0 amide bonds. The van der Waals surface area contributed by atoms with E-state index in [-0.39, 0.29) is 11.9 Å². The van der Waals surface area contributed by atoms with E-state index in [2.05, 4.69) is 5.16 Å². The van der Waals surface area contributed by atoms with Crippen molar-refractivity contribution in [1.29, 1.82) is 0 Å². The third-order valence-corrected chi connectivity index (χ3v) is 2.69. The largest absolute Gasteiger partial charge is 0.507 e. The van der Waals surface area contributed by atoms with E-state index in [0.29, 0.717) is 16.7 Å². The molecule has 1 aromatic carbocycles. The molecule has 4 nitrogen and oxygen atoms in total. The van der Waals surface area contributed by atoms with Gasteiger partial charge in [-0.3, -0.25) is 0 Å². The van der Waals surface area contributed by atoms with Crippen LogP contribution in [0.2, 0.25) is 0 Å². The zero-order valence-corrected chi connectivity index (χ0v) is 8.80. The molecule has 1 unspecified atom stereocenters. The summed E-state index contributed by atoms with van der Waals surface area (Å²) >= 11 is 0. The van der Waals surface area contributed by atoms with Crippen LogP contribution in [-0.4, -0.2) is 10.8 Å². The number of oxime groups is 1. The molecule has 1 atom stereocenters. The van der Waals surface area contributed by atoms with Crippen molar-refractivity contribution in [3.63, 3.8) is 0 Å². The molecule has 0 saturated carbocycles. The maximum atomic E-state index is 9.65. The number of phenolic OH excluding ortho intramolecular Hbond substituents is 1. The average Bonchev–Trinajstić information content (AvgIpc) is 2.84. The molecule has 16 heavy (non-hydrogen) atoms. The van der Waals surface area contributed by atoms with Crippen molar-refractivity contribution in [1.82, 2.24) is 0 Å². The molecule has 82 valence electrons. The Kier molecular flexibility index (Phi) is 1.89. The van der Waals surface area contributed by atoms with Crippen LogP contribution in [-0.2, 0) is 4.84 Å². The van der Waals surface area contributed by atoms with Crippen molar-refractivity contribution in [3.05, 3.63) is 30.0 Å². The van der Waals surface area contributed by atoms with E-state index in [4.69, 9.17) is 9.25 Å². The number of phenols is 1. The quantitative estimate of drug-likeness (QED) is 0.798. The highest BCUT2D eigenvalue weighted by molar-refractivity contribution is 5.85. The molecule has 0 radical (unpaired) electrons. The molecule has 2 aromatic rings. The first-order valence-corrected chi connectivity index (χ1v) is 5.15. The van der Waals surface area contributed by atoms with E-state index in [9.17, 15) is 5.11 Å². The molecule has 0 bridgehead atoms. The summed E-state index contributed by atoms with van der Waals surface area (Å²) in [6.07, 6.45) is 0.576. The molecule has 1 aliphatic heterocycles.